The van der Waals surface area contributed by atoms with Crippen LogP contribution in [0.3, 0.4) is 0 Å². The van der Waals surface area contributed by atoms with Gasteiger partial charge in [0.15, 0.2) is 0 Å². The van der Waals surface area contributed by atoms with Crippen molar-refractivity contribution in [2.24, 2.45) is 0 Å². The van der Waals surface area contributed by atoms with E-state index in [1.54, 1.807) is 24.3 Å². The van der Waals surface area contributed by atoms with Crippen molar-refractivity contribution in [2.45, 2.75) is 13.8 Å². The first kappa shape index (κ1) is 8.14. The Labute approximate surface area is 69.6 Å². The van der Waals surface area contributed by atoms with Crippen molar-refractivity contribution in [3.05, 3.63) is 21.7 Å². The molecule has 0 atom stereocenters. The normalized spacial score (nSPS) is 11.6. The summed E-state index contributed by atoms with van der Waals surface area (Å²) < 4.78 is 0. The zero-order valence-corrected chi connectivity index (χ0v) is 7.31. The van der Waals surface area contributed by atoms with Gasteiger partial charge in [0.2, 0.25) is 0 Å². The van der Waals surface area contributed by atoms with Gasteiger partial charge in [-0.3, -0.25) is 4.79 Å². The molecule has 0 aliphatic carbocycles. The lowest BCUT2D eigenvalue weighted by Crippen LogP contribution is -1.77. The molecule has 0 amide bonds. The lowest BCUT2D eigenvalue weighted by atomic mass is 10.3. The van der Waals surface area contributed by atoms with Crippen molar-refractivity contribution in [1.82, 2.24) is 4.98 Å². The van der Waals surface area contributed by atoms with Gasteiger partial charge in [0, 0.05) is 5.38 Å². The maximum atomic E-state index is 10.2. The number of rotatable bonds is 2. The Kier molecular flexibility index (Phi) is 2.54. The average molecular weight is 167 g/mol. The summed E-state index contributed by atoms with van der Waals surface area (Å²) in [6.45, 7) is 3.71. The fourth-order valence-corrected chi connectivity index (χ4v) is 1.28. The van der Waals surface area contributed by atoms with E-state index in [-0.39, 0.29) is 0 Å². The van der Waals surface area contributed by atoms with Gasteiger partial charge in [-0.05, 0) is 25.5 Å². The summed E-state index contributed by atoms with van der Waals surface area (Å²) in [5.41, 5.74) is 1.58. The van der Waals surface area contributed by atoms with Crippen molar-refractivity contribution in [1.29, 1.82) is 0 Å². The molecule has 1 aromatic heterocycles. The van der Waals surface area contributed by atoms with E-state index in [0.717, 1.165) is 17.0 Å². The van der Waals surface area contributed by atoms with Crippen LogP contribution in [0.15, 0.2) is 11.0 Å². The van der Waals surface area contributed by atoms with Crippen LogP contribution in [0.4, 0.5) is 0 Å². The SMILES string of the molecule is C/C(C=O)=C\c1csc(C)n1. The van der Waals surface area contributed by atoms with Crippen LogP contribution in [-0.4, -0.2) is 11.3 Å². The molecular weight excluding hydrogens is 158 g/mol. The van der Waals surface area contributed by atoms with Crippen molar-refractivity contribution in [3.63, 3.8) is 0 Å². The fraction of sp³-hybridized carbons (Fsp3) is 0.250. The third kappa shape index (κ3) is 2.27. The summed E-state index contributed by atoms with van der Waals surface area (Å²) in [4.78, 5) is 14.4. The number of aryl methyl sites for hydroxylation is 1. The van der Waals surface area contributed by atoms with Gasteiger partial charge in [-0.25, -0.2) is 4.98 Å². The zero-order chi connectivity index (χ0) is 8.27. The molecule has 0 spiro atoms. The van der Waals surface area contributed by atoms with Gasteiger partial charge in [0.1, 0.15) is 6.29 Å². The minimum Gasteiger partial charge on any atom is -0.298 e. The van der Waals surface area contributed by atoms with Crippen LogP contribution in [0.5, 0.6) is 0 Å². The summed E-state index contributed by atoms with van der Waals surface area (Å²) >= 11 is 1.59. The molecule has 0 radical (unpaired) electrons. The number of allylic oxidation sites excluding steroid dienone is 1. The quantitative estimate of drug-likeness (QED) is 0.498. The van der Waals surface area contributed by atoms with Crippen molar-refractivity contribution < 1.29 is 4.79 Å². The molecule has 58 valence electrons. The number of thiazole rings is 1. The number of hydrogen-bond donors (Lipinski definition) is 0. The molecule has 0 N–H and O–H groups in total. The van der Waals surface area contributed by atoms with Crippen molar-refractivity contribution in [2.75, 3.05) is 0 Å². The van der Waals surface area contributed by atoms with Crippen molar-refractivity contribution >= 4 is 23.7 Å². The molecule has 0 bridgehead atoms. The summed E-state index contributed by atoms with van der Waals surface area (Å²) in [6, 6.07) is 0. The number of nitrogens with zero attached hydrogens (tertiary/aromatic N) is 1. The minimum atomic E-state index is 0.704. The van der Waals surface area contributed by atoms with Crippen LogP contribution >= 0.6 is 11.3 Å². The van der Waals surface area contributed by atoms with E-state index in [0.29, 0.717) is 5.57 Å². The monoisotopic (exact) mass is 167 g/mol. The highest BCUT2D eigenvalue weighted by molar-refractivity contribution is 7.09. The van der Waals surface area contributed by atoms with Gasteiger partial charge in [-0.1, -0.05) is 0 Å². The molecule has 0 aromatic carbocycles. The zero-order valence-electron chi connectivity index (χ0n) is 6.50. The lowest BCUT2D eigenvalue weighted by molar-refractivity contribution is -0.104. The van der Waals surface area contributed by atoms with E-state index in [4.69, 9.17) is 0 Å². The molecule has 11 heavy (non-hydrogen) atoms. The molecule has 1 heterocycles. The highest BCUT2D eigenvalue weighted by Gasteiger charge is 1.93. The Bertz CT molecular complexity index is 288. The first-order valence-corrected chi connectivity index (χ1v) is 4.16. The summed E-state index contributed by atoms with van der Waals surface area (Å²) in [5, 5.41) is 2.96. The van der Waals surface area contributed by atoms with E-state index in [9.17, 15) is 4.79 Å². The Morgan fingerprint density at radius 1 is 1.73 bits per heavy atom. The number of carbonyl (C=O) groups excluding carboxylic acids is 1. The third-order valence-electron chi connectivity index (χ3n) is 1.20. The average Bonchev–Trinajstić information content (AvgIpc) is 2.35. The molecule has 0 saturated carbocycles. The van der Waals surface area contributed by atoms with E-state index >= 15 is 0 Å². The van der Waals surface area contributed by atoms with Crippen LogP contribution in [0.1, 0.15) is 17.6 Å². The van der Waals surface area contributed by atoms with Gasteiger partial charge >= 0.3 is 0 Å². The highest BCUT2D eigenvalue weighted by Crippen LogP contribution is 2.10. The largest absolute Gasteiger partial charge is 0.298 e. The van der Waals surface area contributed by atoms with Gasteiger partial charge in [0.05, 0.1) is 10.7 Å². The molecule has 0 aliphatic heterocycles. The summed E-state index contributed by atoms with van der Waals surface area (Å²) in [5.74, 6) is 0. The molecule has 0 aliphatic rings. The van der Waals surface area contributed by atoms with E-state index in [2.05, 4.69) is 4.98 Å². The van der Waals surface area contributed by atoms with Crippen LogP contribution in [-0.2, 0) is 4.79 Å². The molecule has 2 nitrogen and oxygen atoms in total. The predicted molar refractivity (Wildman–Crippen MR) is 46.6 cm³/mol. The van der Waals surface area contributed by atoms with Gasteiger partial charge in [-0.15, -0.1) is 11.3 Å². The van der Waals surface area contributed by atoms with Crippen LogP contribution in [0.25, 0.3) is 6.08 Å². The molecule has 0 unspecified atom stereocenters. The van der Waals surface area contributed by atoms with E-state index < -0.39 is 0 Å². The summed E-state index contributed by atoms with van der Waals surface area (Å²) in [6.07, 6.45) is 2.60. The predicted octanol–water partition coefficient (Wildman–Crippen LogP) is 2.05. The number of aldehydes is 1. The second-order valence-corrected chi connectivity index (χ2v) is 3.36. The molecule has 1 rings (SSSR count). The second kappa shape index (κ2) is 3.44. The van der Waals surface area contributed by atoms with Gasteiger partial charge < -0.3 is 0 Å². The number of aromatic nitrogens is 1. The lowest BCUT2D eigenvalue weighted by Gasteiger charge is -1.83. The van der Waals surface area contributed by atoms with Gasteiger partial charge in [-0.2, -0.15) is 0 Å². The topological polar surface area (TPSA) is 30.0 Å². The molecule has 1 aromatic rings. The van der Waals surface area contributed by atoms with Crippen LogP contribution in [0, 0.1) is 6.92 Å². The van der Waals surface area contributed by atoms with Crippen LogP contribution < -0.4 is 0 Å². The number of hydrogen-bond acceptors (Lipinski definition) is 3. The first-order chi connectivity index (χ1) is 5.22. The molecule has 0 fully saturated rings. The van der Waals surface area contributed by atoms with Gasteiger partial charge in [0.25, 0.3) is 0 Å². The second-order valence-electron chi connectivity index (χ2n) is 2.30. The van der Waals surface area contributed by atoms with Crippen LogP contribution in [0.2, 0.25) is 0 Å². The number of carbonyl (C=O) groups is 1. The highest BCUT2D eigenvalue weighted by atomic mass is 32.1. The molecule has 0 saturated heterocycles. The Morgan fingerprint density at radius 3 is 2.91 bits per heavy atom. The Balaban J connectivity index is 2.86. The van der Waals surface area contributed by atoms with E-state index in [1.165, 1.54) is 0 Å². The molecular formula is C8H9NOS. The summed E-state index contributed by atoms with van der Waals surface area (Å²) in [7, 11) is 0. The standard InChI is InChI=1S/C8H9NOS/c1-6(4-10)3-8-5-11-7(2)9-8/h3-5H,1-2H3/b6-3+. The van der Waals surface area contributed by atoms with Crippen molar-refractivity contribution in [3.8, 4) is 0 Å². The Hall–Kier alpha value is -0.960. The first-order valence-electron chi connectivity index (χ1n) is 3.28. The minimum absolute atomic E-state index is 0.704. The molecule has 3 heteroatoms. The maximum absolute atomic E-state index is 10.2. The smallest absolute Gasteiger partial charge is 0.145 e. The van der Waals surface area contributed by atoms with E-state index in [1.807, 2.05) is 12.3 Å². The fourth-order valence-electron chi connectivity index (χ4n) is 0.714. The third-order valence-corrected chi connectivity index (χ3v) is 1.99. The Morgan fingerprint density at radius 2 is 2.45 bits per heavy atom. The maximum Gasteiger partial charge on any atom is 0.145 e.